The van der Waals surface area contributed by atoms with E-state index in [0.29, 0.717) is 6.54 Å². The molecule has 0 saturated heterocycles. The minimum Gasteiger partial charge on any atom is -0.330 e. The molecule has 0 radical (unpaired) electrons. The van der Waals surface area contributed by atoms with E-state index in [-0.39, 0.29) is 5.41 Å². The maximum atomic E-state index is 5.87. The van der Waals surface area contributed by atoms with Gasteiger partial charge in [0.2, 0.25) is 0 Å². The van der Waals surface area contributed by atoms with Crippen LogP contribution in [0, 0.1) is 5.41 Å². The fraction of sp³-hybridized carbons (Fsp3) is 0.562. The van der Waals surface area contributed by atoms with E-state index in [0.717, 1.165) is 31.6 Å². The minimum atomic E-state index is 0.159. The first-order chi connectivity index (χ1) is 9.54. The fourth-order valence-electron chi connectivity index (χ4n) is 2.38. The lowest BCUT2D eigenvalue weighted by Crippen LogP contribution is -2.38. The highest BCUT2D eigenvalue weighted by Crippen LogP contribution is 2.24. The van der Waals surface area contributed by atoms with E-state index < -0.39 is 0 Å². The molecule has 0 aliphatic rings. The van der Waals surface area contributed by atoms with Crippen LogP contribution >= 0.6 is 11.3 Å². The summed E-state index contributed by atoms with van der Waals surface area (Å²) in [5.74, 6) is 0. The molecule has 0 aliphatic carbocycles. The Morgan fingerprint density at radius 2 is 2.05 bits per heavy atom. The molecule has 2 rings (SSSR count). The van der Waals surface area contributed by atoms with E-state index in [9.17, 15) is 0 Å². The second-order valence-corrected chi connectivity index (χ2v) is 7.27. The zero-order chi connectivity index (χ0) is 14.6. The van der Waals surface area contributed by atoms with Crippen molar-refractivity contribution >= 4 is 21.6 Å². The van der Waals surface area contributed by atoms with E-state index in [2.05, 4.69) is 43.9 Å². The standard InChI is InChI=1S/C16H25N3S/c1-4-9-19(12-16(2,3)11-17)10-15-18-13-7-5-6-8-14(13)20-15/h5-8H,4,9-12,17H2,1-3H3. The summed E-state index contributed by atoms with van der Waals surface area (Å²) in [5.41, 5.74) is 7.14. The summed E-state index contributed by atoms with van der Waals surface area (Å²) in [5, 5.41) is 1.20. The van der Waals surface area contributed by atoms with Gasteiger partial charge in [-0.15, -0.1) is 11.3 Å². The quantitative estimate of drug-likeness (QED) is 0.849. The average molecular weight is 291 g/mol. The van der Waals surface area contributed by atoms with Crippen LogP contribution < -0.4 is 5.73 Å². The van der Waals surface area contributed by atoms with Crippen molar-refractivity contribution in [2.24, 2.45) is 11.1 Å². The van der Waals surface area contributed by atoms with Gasteiger partial charge in [-0.05, 0) is 37.1 Å². The van der Waals surface area contributed by atoms with Crippen molar-refractivity contribution < 1.29 is 0 Å². The van der Waals surface area contributed by atoms with Gasteiger partial charge in [-0.2, -0.15) is 0 Å². The topological polar surface area (TPSA) is 42.2 Å². The third kappa shape index (κ3) is 4.01. The summed E-state index contributed by atoms with van der Waals surface area (Å²) in [4.78, 5) is 7.21. The van der Waals surface area contributed by atoms with Crippen molar-refractivity contribution in [2.45, 2.75) is 33.7 Å². The monoisotopic (exact) mass is 291 g/mol. The smallest absolute Gasteiger partial charge is 0.108 e. The molecule has 0 spiro atoms. The van der Waals surface area contributed by atoms with Gasteiger partial charge in [0.15, 0.2) is 0 Å². The lowest BCUT2D eigenvalue weighted by molar-refractivity contribution is 0.176. The van der Waals surface area contributed by atoms with Crippen LogP contribution in [0.25, 0.3) is 10.2 Å². The molecule has 1 aromatic heterocycles. The molecule has 4 heteroatoms. The summed E-state index contributed by atoms with van der Waals surface area (Å²) in [6.07, 6.45) is 1.16. The summed E-state index contributed by atoms with van der Waals surface area (Å²) in [7, 11) is 0. The highest BCUT2D eigenvalue weighted by atomic mass is 32.1. The third-order valence-electron chi connectivity index (χ3n) is 3.44. The van der Waals surface area contributed by atoms with Crippen LogP contribution in [-0.2, 0) is 6.54 Å². The first-order valence-corrected chi connectivity index (χ1v) is 8.12. The number of rotatable bonds is 7. The molecule has 1 aromatic carbocycles. The van der Waals surface area contributed by atoms with Gasteiger partial charge in [0.1, 0.15) is 5.01 Å². The van der Waals surface area contributed by atoms with Gasteiger partial charge in [0.05, 0.1) is 16.8 Å². The van der Waals surface area contributed by atoms with Crippen LogP contribution in [0.4, 0.5) is 0 Å². The minimum absolute atomic E-state index is 0.159. The Bertz CT molecular complexity index is 514. The molecule has 0 aliphatic heterocycles. The van der Waals surface area contributed by atoms with Crippen LogP contribution in [0.2, 0.25) is 0 Å². The molecule has 110 valence electrons. The molecular weight excluding hydrogens is 266 g/mol. The number of thiazole rings is 1. The van der Waals surface area contributed by atoms with E-state index in [4.69, 9.17) is 10.7 Å². The largest absolute Gasteiger partial charge is 0.330 e. The number of nitrogens with zero attached hydrogens (tertiary/aromatic N) is 2. The molecule has 0 fully saturated rings. The second-order valence-electron chi connectivity index (χ2n) is 6.15. The van der Waals surface area contributed by atoms with Crippen molar-refractivity contribution in [3.63, 3.8) is 0 Å². The van der Waals surface area contributed by atoms with Crippen LogP contribution in [-0.4, -0.2) is 29.5 Å². The van der Waals surface area contributed by atoms with Gasteiger partial charge in [0, 0.05) is 6.54 Å². The van der Waals surface area contributed by atoms with Crippen LogP contribution in [0.1, 0.15) is 32.2 Å². The fourth-order valence-corrected chi connectivity index (χ4v) is 3.39. The zero-order valence-electron chi connectivity index (χ0n) is 12.7. The Morgan fingerprint density at radius 3 is 2.70 bits per heavy atom. The van der Waals surface area contributed by atoms with Crippen molar-refractivity contribution in [1.82, 2.24) is 9.88 Å². The van der Waals surface area contributed by atoms with E-state index in [1.54, 1.807) is 11.3 Å². The summed E-state index contributed by atoms with van der Waals surface area (Å²) < 4.78 is 1.28. The molecule has 2 aromatic rings. The summed E-state index contributed by atoms with van der Waals surface area (Å²) in [6, 6.07) is 8.35. The Kier molecular flexibility index (Phi) is 5.13. The van der Waals surface area contributed by atoms with Gasteiger partial charge >= 0.3 is 0 Å². The lowest BCUT2D eigenvalue weighted by Gasteiger charge is -2.31. The van der Waals surface area contributed by atoms with Gasteiger partial charge in [-0.3, -0.25) is 4.90 Å². The van der Waals surface area contributed by atoms with Crippen molar-refractivity contribution in [3.05, 3.63) is 29.3 Å². The summed E-state index contributed by atoms with van der Waals surface area (Å²) in [6.45, 7) is 10.4. The molecule has 2 N–H and O–H groups in total. The predicted molar refractivity (Wildman–Crippen MR) is 88.0 cm³/mol. The molecule has 0 amide bonds. The van der Waals surface area contributed by atoms with Crippen molar-refractivity contribution in [3.8, 4) is 0 Å². The molecule has 0 saturated carbocycles. The number of benzene rings is 1. The number of hydrogen-bond acceptors (Lipinski definition) is 4. The van der Waals surface area contributed by atoms with Gasteiger partial charge < -0.3 is 5.73 Å². The van der Waals surface area contributed by atoms with Crippen molar-refractivity contribution in [1.29, 1.82) is 0 Å². The normalized spacial score (nSPS) is 12.4. The van der Waals surface area contributed by atoms with Gasteiger partial charge in [-0.1, -0.05) is 32.9 Å². The van der Waals surface area contributed by atoms with E-state index in [1.165, 1.54) is 9.71 Å². The van der Waals surface area contributed by atoms with Gasteiger partial charge in [-0.25, -0.2) is 4.98 Å². The lowest BCUT2D eigenvalue weighted by atomic mass is 9.93. The van der Waals surface area contributed by atoms with Crippen LogP contribution in [0.3, 0.4) is 0 Å². The first-order valence-electron chi connectivity index (χ1n) is 7.31. The predicted octanol–water partition coefficient (Wildman–Crippen LogP) is 3.49. The molecular formula is C16H25N3S. The first kappa shape index (κ1) is 15.4. The maximum Gasteiger partial charge on any atom is 0.108 e. The molecule has 20 heavy (non-hydrogen) atoms. The Labute approximate surface area is 125 Å². The Hall–Kier alpha value is -0.970. The number of aromatic nitrogens is 1. The number of hydrogen-bond donors (Lipinski definition) is 1. The van der Waals surface area contributed by atoms with Crippen LogP contribution in [0.15, 0.2) is 24.3 Å². The van der Waals surface area contributed by atoms with Crippen LogP contribution in [0.5, 0.6) is 0 Å². The molecule has 0 bridgehead atoms. The molecule has 0 atom stereocenters. The number of nitrogens with two attached hydrogens (primary N) is 1. The highest BCUT2D eigenvalue weighted by molar-refractivity contribution is 7.18. The van der Waals surface area contributed by atoms with E-state index >= 15 is 0 Å². The zero-order valence-corrected chi connectivity index (χ0v) is 13.5. The van der Waals surface area contributed by atoms with Crippen molar-refractivity contribution in [2.75, 3.05) is 19.6 Å². The van der Waals surface area contributed by atoms with Gasteiger partial charge in [0.25, 0.3) is 0 Å². The SMILES string of the molecule is CCCN(Cc1nc2ccccc2s1)CC(C)(C)CN. The summed E-state index contributed by atoms with van der Waals surface area (Å²) >= 11 is 1.80. The molecule has 1 heterocycles. The third-order valence-corrected chi connectivity index (χ3v) is 4.46. The molecule has 0 unspecified atom stereocenters. The average Bonchev–Trinajstić information content (AvgIpc) is 2.80. The van der Waals surface area contributed by atoms with E-state index in [1.807, 2.05) is 6.07 Å². The number of fused-ring (bicyclic) bond motifs is 1. The second kappa shape index (κ2) is 6.66. The molecule has 3 nitrogen and oxygen atoms in total. The highest BCUT2D eigenvalue weighted by Gasteiger charge is 2.20. The Morgan fingerprint density at radius 1 is 1.30 bits per heavy atom. The maximum absolute atomic E-state index is 5.87. The number of para-hydroxylation sites is 1. The Balaban J connectivity index is 2.10.